The molecule has 0 radical (unpaired) electrons. The van der Waals surface area contributed by atoms with E-state index in [2.05, 4.69) is 4.90 Å². The molecule has 0 aliphatic carbocycles. The van der Waals surface area contributed by atoms with E-state index in [0.717, 1.165) is 32.7 Å². The summed E-state index contributed by atoms with van der Waals surface area (Å²) >= 11 is 0. The first-order chi connectivity index (χ1) is 12.1. The summed E-state index contributed by atoms with van der Waals surface area (Å²) < 4.78 is 38.4. The number of para-hydroxylation sites is 1. The van der Waals surface area contributed by atoms with Gasteiger partial charge in [0.2, 0.25) is 0 Å². The second-order valence-corrected chi connectivity index (χ2v) is 8.37. The first-order valence-electron chi connectivity index (χ1n) is 8.56. The van der Waals surface area contributed by atoms with Crippen LogP contribution in [0, 0.1) is 5.82 Å². The highest BCUT2D eigenvalue weighted by atomic mass is 32.2. The highest BCUT2D eigenvalue weighted by molar-refractivity contribution is 7.91. The van der Waals surface area contributed by atoms with Gasteiger partial charge in [-0.05, 0) is 37.2 Å². The van der Waals surface area contributed by atoms with Crippen LogP contribution in [0.4, 0.5) is 10.1 Å². The first-order valence-corrected chi connectivity index (χ1v) is 10.2. The summed E-state index contributed by atoms with van der Waals surface area (Å²) in [6, 6.07) is 15.4. The molecule has 134 valence electrons. The molecule has 2 aromatic carbocycles. The van der Waals surface area contributed by atoms with Crippen LogP contribution in [0.1, 0.15) is 6.42 Å². The minimum atomic E-state index is -3.21. The zero-order chi connectivity index (χ0) is 17.7. The van der Waals surface area contributed by atoms with E-state index in [1.54, 1.807) is 36.4 Å². The van der Waals surface area contributed by atoms with Crippen LogP contribution in [0.25, 0.3) is 0 Å². The Balaban J connectivity index is 1.46. The van der Waals surface area contributed by atoms with Crippen molar-refractivity contribution in [3.05, 3.63) is 60.4 Å². The maximum Gasteiger partial charge on any atom is 0.178 e. The van der Waals surface area contributed by atoms with Gasteiger partial charge >= 0.3 is 0 Å². The molecule has 0 atom stereocenters. The molecule has 0 unspecified atom stereocenters. The molecule has 1 aliphatic rings. The molecular weight excluding hydrogens is 339 g/mol. The van der Waals surface area contributed by atoms with Gasteiger partial charge in [0, 0.05) is 26.2 Å². The first kappa shape index (κ1) is 17.9. The van der Waals surface area contributed by atoms with Crippen molar-refractivity contribution in [2.24, 2.45) is 0 Å². The van der Waals surface area contributed by atoms with Gasteiger partial charge in [-0.1, -0.05) is 30.3 Å². The van der Waals surface area contributed by atoms with E-state index in [1.807, 2.05) is 17.0 Å². The van der Waals surface area contributed by atoms with E-state index in [9.17, 15) is 12.8 Å². The lowest BCUT2D eigenvalue weighted by atomic mass is 10.2. The van der Waals surface area contributed by atoms with Gasteiger partial charge in [-0.2, -0.15) is 0 Å². The van der Waals surface area contributed by atoms with Crippen molar-refractivity contribution in [3.8, 4) is 0 Å². The van der Waals surface area contributed by atoms with Crippen LogP contribution in [0.3, 0.4) is 0 Å². The van der Waals surface area contributed by atoms with E-state index < -0.39 is 9.84 Å². The average molecular weight is 362 g/mol. The monoisotopic (exact) mass is 362 g/mol. The highest BCUT2D eigenvalue weighted by Crippen LogP contribution is 2.20. The fourth-order valence-corrected chi connectivity index (χ4v) is 4.46. The van der Waals surface area contributed by atoms with E-state index in [0.29, 0.717) is 17.0 Å². The van der Waals surface area contributed by atoms with Gasteiger partial charge in [-0.15, -0.1) is 0 Å². The van der Waals surface area contributed by atoms with Crippen molar-refractivity contribution in [2.45, 2.75) is 11.3 Å². The molecule has 1 saturated heterocycles. The van der Waals surface area contributed by atoms with Crippen LogP contribution in [0.2, 0.25) is 0 Å². The zero-order valence-electron chi connectivity index (χ0n) is 14.1. The van der Waals surface area contributed by atoms with Crippen LogP contribution in [0.15, 0.2) is 59.5 Å². The molecule has 25 heavy (non-hydrogen) atoms. The molecular formula is C19H23FN2O2S. The Kier molecular flexibility index (Phi) is 5.71. The van der Waals surface area contributed by atoms with E-state index in [1.165, 1.54) is 6.07 Å². The molecule has 6 heteroatoms. The van der Waals surface area contributed by atoms with Gasteiger partial charge in [0.1, 0.15) is 5.82 Å². The van der Waals surface area contributed by atoms with Crippen molar-refractivity contribution in [1.82, 2.24) is 4.90 Å². The Hall–Kier alpha value is -1.92. The molecule has 0 N–H and O–H groups in total. The van der Waals surface area contributed by atoms with Crippen molar-refractivity contribution in [3.63, 3.8) is 0 Å². The Bertz CT molecular complexity index is 788. The number of piperazine rings is 1. The summed E-state index contributed by atoms with van der Waals surface area (Å²) in [6.07, 6.45) is 0.608. The Labute approximate surface area is 148 Å². The lowest BCUT2D eigenvalue weighted by Gasteiger charge is -2.36. The number of nitrogens with zero attached hydrogens (tertiary/aromatic N) is 2. The van der Waals surface area contributed by atoms with Gasteiger partial charge in [0.25, 0.3) is 0 Å². The number of hydrogen-bond acceptors (Lipinski definition) is 4. The normalized spacial score (nSPS) is 16.1. The predicted octanol–water partition coefficient (Wildman–Crippen LogP) is 2.81. The predicted molar refractivity (Wildman–Crippen MR) is 98.2 cm³/mol. The van der Waals surface area contributed by atoms with Crippen LogP contribution in [-0.4, -0.2) is 51.8 Å². The number of anilines is 1. The van der Waals surface area contributed by atoms with Crippen molar-refractivity contribution in [2.75, 3.05) is 43.4 Å². The lowest BCUT2D eigenvalue weighted by Crippen LogP contribution is -2.47. The summed E-state index contributed by atoms with van der Waals surface area (Å²) in [5.74, 6) is -0.0326. The van der Waals surface area contributed by atoms with Crippen molar-refractivity contribution < 1.29 is 12.8 Å². The molecule has 4 nitrogen and oxygen atoms in total. The third-order valence-electron chi connectivity index (χ3n) is 4.56. The molecule has 0 aromatic heterocycles. The summed E-state index contributed by atoms with van der Waals surface area (Å²) in [6.45, 7) is 3.90. The fourth-order valence-electron chi connectivity index (χ4n) is 3.14. The maximum atomic E-state index is 13.8. The fraction of sp³-hybridized carbons (Fsp3) is 0.368. The third-order valence-corrected chi connectivity index (χ3v) is 6.37. The average Bonchev–Trinajstić information content (AvgIpc) is 2.63. The summed E-state index contributed by atoms with van der Waals surface area (Å²) in [5.41, 5.74) is 0.647. The lowest BCUT2D eigenvalue weighted by molar-refractivity contribution is 0.258. The molecule has 0 amide bonds. The molecule has 1 aliphatic heterocycles. The molecule has 3 rings (SSSR count). The minimum Gasteiger partial charge on any atom is -0.367 e. The zero-order valence-corrected chi connectivity index (χ0v) is 15.0. The van der Waals surface area contributed by atoms with Gasteiger partial charge in [0.15, 0.2) is 9.84 Å². The second kappa shape index (κ2) is 7.97. The van der Waals surface area contributed by atoms with Crippen LogP contribution in [0.5, 0.6) is 0 Å². The van der Waals surface area contributed by atoms with Crippen molar-refractivity contribution in [1.29, 1.82) is 0 Å². The molecule has 1 heterocycles. The Morgan fingerprint density at radius 1 is 0.880 bits per heavy atom. The minimum absolute atomic E-state index is 0.157. The third kappa shape index (κ3) is 4.58. The Morgan fingerprint density at radius 2 is 1.52 bits per heavy atom. The standard InChI is InChI=1S/C19H23FN2O2S/c20-18-9-4-5-10-19(18)22-14-12-21(13-15-22)11-6-16-25(23,24)17-7-2-1-3-8-17/h1-5,7-10H,6,11-16H2. The molecule has 0 spiro atoms. The van der Waals surface area contributed by atoms with E-state index in [4.69, 9.17) is 0 Å². The van der Waals surface area contributed by atoms with Gasteiger partial charge in [-0.3, -0.25) is 4.90 Å². The number of sulfone groups is 1. The SMILES string of the molecule is O=S(=O)(CCCN1CCN(c2ccccc2F)CC1)c1ccccc1. The van der Waals surface area contributed by atoms with Crippen LogP contribution >= 0.6 is 0 Å². The van der Waals surface area contributed by atoms with Crippen molar-refractivity contribution >= 4 is 15.5 Å². The number of rotatable bonds is 6. The molecule has 0 saturated carbocycles. The highest BCUT2D eigenvalue weighted by Gasteiger charge is 2.20. The number of hydrogen-bond donors (Lipinski definition) is 0. The summed E-state index contributed by atoms with van der Waals surface area (Å²) in [4.78, 5) is 4.68. The maximum absolute atomic E-state index is 13.8. The number of benzene rings is 2. The van der Waals surface area contributed by atoms with E-state index in [-0.39, 0.29) is 11.6 Å². The summed E-state index contributed by atoms with van der Waals surface area (Å²) in [7, 11) is -3.21. The van der Waals surface area contributed by atoms with Gasteiger partial charge in [0.05, 0.1) is 16.3 Å². The smallest absolute Gasteiger partial charge is 0.178 e. The van der Waals surface area contributed by atoms with Crippen LogP contribution in [-0.2, 0) is 9.84 Å². The molecule has 1 fully saturated rings. The Morgan fingerprint density at radius 3 is 2.20 bits per heavy atom. The largest absolute Gasteiger partial charge is 0.367 e. The topological polar surface area (TPSA) is 40.6 Å². The van der Waals surface area contributed by atoms with E-state index >= 15 is 0 Å². The molecule has 0 bridgehead atoms. The molecule has 2 aromatic rings. The second-order valence-electron chi connectivity index (χ2n) is 6.27. The van der Waals surface area contributed by atoms with Gasteiger partial charge in [-0.25, -0.2) is 12.8 Å². The van der Waals surface area contributed by atoms with Gasteiger partial charge < -0.3 is 4.90 Å². The number of halogens is 1. The summed E-state index contributed by atoms with van der Waals surface area (Å²) in [5, 5.41) is 0. The van der Waals surface area contributed by atoms with Crippen LogP contribution < -0.4 is 4.90 Å². The quantitative estimate of drug-likeness (QED) is 0.792.